The SMILES string of the molecule is COc1ccccc1CC(=O)NNC(=O)COc1ccc(C)c(C)c1. The maximum Gasteiger partial charge on any atom is 0.276 e. The van der Waals surface area contributed by atoms with Crippen LogP contribution in [0.15, 0.2) is 42.5 Å². The Morgan fingerprint density at radius 3 is 2.40 bits per heavy atom. The molecule has 6 nitrogen and oxygen atoms in total. The van der Waals surface area contributed by atoms with Crippen LogP contribution in [0.1, 0.15) is 16.7 Å². The Kier molecular flexibility index (Phi) is 6.39. The number of hydrogen-bond donors (Lipinski definition) is 2. The van der Waals surface area contributed by atoms with Crippen LogP contribution in [0.2, 0.25) is 0 Å². The van der Waals surface area contributed by atoms with Crippen LogP contribution >= 0.6 is 0 Å². The summed E-state index contributed by atoms with van der Waals surface area (Å²) in [5.74, 6) is 0.455. The summed E-state index contributed by atoms with van der Waals surface area (Å²) in [5, 5.41) is 0. The van der Waals surface area contributed by atoms with Crippen molar-refractivity contribution >= 4 is 11.8 Å². The number of carbonyl (C=O) groups is 2. The van der Waals surface area contributed by atoms with Crippen LogP contribution in [0.25, 0.3) is 0 Å². The summed E-state index contributed by atoms with van der Waals surface area (Å²) in [5.41, 5.74) is 7.68. The molecule has 0 aromatic heterocycles. The van der Waals surface area contributed by atoms with Gasteiger partial charge in [-0.2, -0.15) is 0 Å². The zero-order valence-corrected chi connectivity index (χ0v) is 14.6. The Hall–Kier alpha value is -3.02. The first-order chi connectivity index (χ1) is 12.0. The highest BCUT2D eigenvalue weighted by atomic mass is 16.5. The molecule has 0 heterocycles. The minimum Gasteiger partial charge on any atom is -0.496 e. The molecule has 0 radical (unpaired) electrons. The molecule has 0 saturated carbocycles. The molecule has 2 aromatic carbocycles. The molecule has 0 spiro atoms. The van der Waals surface area contributed by atoms with Crippen LogP contribution < -0.4 is 20.3 Å². The lowest BCUT2D eigenvalue weighted by atomic mass is 10.1. The van der Waals surface area contributed by atoms with E-state index in [4.69, 9.17) is 9.47 Å². The summed E-state index contributed by atoms with van der Waals surface area (Å²) < 4.78 is 10.6. The van der Waals surface area contributed by atoms with Crippen LogP contribution in [0.3, 0.4) is 0 Å². The number of aryl methyl sites for hydroxylation is 2. The van der Waals surface area contributed by atoms with E-state index >= 15 is 0 Å². The van der Waals surface area contributed by atoms with E-state index in [1.54, 1.807) is 25.3 Å². The third kappa shape index (κ3) is 5.53. The molecule has 0 aliphatic carbocycles. The van der Waals surface area contributed by atoms with Crippen molar-refractivity contribution in [1.29, 1.82) is 0 Å². The Bertz CT molecular complexity index is 759. The van der Waals surface area contributed by atoms with Gasteiger partial charge in [-0.3, -0.25) is 20.4 Å². The number of hydrogen-bond acceptors (Lipinski definition) is 4. The maximum atomic E-state index is 11.9. The van der Waals surface area contributed by atoms with Gasteiger partial charge in [0.2, 0.25) is 5.91 Å². The number of hydrazine groups is 1. The summed E-state index contributed by atoms with van der Waals surface area (Å²) in [7, 11) is 1.54. The number of amides is 2. The predicted molar refractivity (Wildman–Crippen MR) is 94.4 cm³/mol. The monoisotopic (exact) mass is 342 g/mol. The average Bonchev–Trinajstić information content (AvgIpc) is 2.61. The first kappa shape index (κ1) is 18.3. The molecule has 25 heavy (non-hydrogen) atoms. The van der Waals surface area contributed by atoms with E-state index in [-0.39, 0.29) is 18.9 Å². The van der Waals surface area contributed by atoms with Gasteiger partial charge in [-0.15, -0.1) is 0 Å². The molecule has 132 valence electrons. The van der Waals surface area contributed by atoms with E-state index in [1.165, 1.54) is 0 Å². The second-order valence-corrected chi connectivity index (χ2v) is 5.62. The summed E-state index contributed by atoms with van der Waals surface area (Å²) >= 11 is 0. The summed E-state index contributed by atoms with van der Waals surface area (Å²) in [6, 6.07) is 12.8. The van der Waals surface area contributed by atoms with Gasteiger partial charge in [0.15, 0.2) is 6.61 Å². The fourth-order valence-corrected chi connectivity index (χ4v) is 2.19. The summed E-state index contributed by atoms with van der Waals surface area (Å²) in [4.78, 5) is 23.7. The van der Waals surface area contributed by atoms with Gasteiger partial charge in [-0.25, -0.2) is 0 Å². The first-order valence-electron chi connectivity index (χ1n) is 7.89. The normalized spacial score (nSPS) is 10.0. The number of carbonyl (C=O) groups excluding carboxylic acids is 2. The molecule has 6 heteroatoms. The molecule has 0 unspecified atom stereocenters. The predicted octanol–water partition coefficient (Wildman–Crippen LogP) is 2.08. The molecule has 2 rings (SSSR count). The fraction of sp³-hybridized carbons (Fsp3) is 0.263. The quantitative estimate of drug-likeness (QED) is 0.788. The minimum atomic E-state index is -0.438. The Balaban J connectivity index is 1.77. The molecule has 0 fully saturated rings. The molecule has 0 aliphatic heterocycles. The van der Waals surface area contributed by atoms with Crippen molar-refractivity contribution in [3.05, 3.63) is 59.2 Å². The van der Waals surface area contributed by atoms with Crippen molar-refractivity contribution in [2.75, 3.05) is 13.7 Å². The number of nitrogens with one attached hydrogen (secondary N) is 2. The lowest BCUT2D eigenvalue weighted by Crippen LogP contribution is -2.44. The van der Waals surface area contributed by atoms with E-state index in [9.17, 15) is 9.59 Å². The molecular formula is C19H22N2O4. The van der Waals surface area contributed by atoms with Gasteiger partial charge in [0, 0.05) is 5.56 Å². The van der Waals surface area contributed by atoms with Crippen molar-refractivity contribution in [2.45, 2.75) is 20.3 Å². The van der Waals surface area contributed by atoms with Gasteiger partial charge in [-0.05, 0) is 43.2 Å². The molecule has 2 aromatic rings. The van der Waals surface area contributed by atoms with Gasteiger partial charge in [0.05, 0.1) is 13.5 Å². The average molecular weight is 342 g/mol. The van der Waals surface area contributed by atoms with E-state index < -0.39 is 5.91 Å². The van der Waals surface area contributed by atoms with E-state index in [1.807, 2.05) is 38.1 Å². The minimum absolute atomic E-state index is 0.0995. The van der Waals surface area contributed by atoms with Gasteiger partial charge in [0.25, 0.3) is 5.91 Å². The third-order valence-electron chi connectivity index (χ3n) is 3.73. The van der Waals surface area contributed by atoms with Crippen LogP contribution in [0, 0.1) is 13.8 Å². The molecule has 0 bridgehead atoms. The molecular weight excluding hydrogens is 320 g/mol. The topological polar surface area (TPSA) is 76.7 Å². The molecule has 0 aliphatic rings. The Morgan fingerprint density at radius 1 is 0.960 bits per heavy atom. The second kappa shape index (κ2) is 8.73. The fourth-order valence-electron chi connectivity index (χ4n) is 2.19. The van der Waals surface area contributed by atoms with Crippen LogP contribution in [-0.2, 0) is 16.0 Å². The van der Waals surface area contributed by atoms with E-state index in [0.717, 1.165) is 16.7 Å². The second-order valence-electron chi connectivity index (χ2n) is 5.62. The first-order valence-corrected chi connectivity index (χ1v) is 7.89. The Morgan fingerprint density at radius 2 is 1.68 bits per heavy atom. The maximum absolute atomic E-state index is 11.9. The number of ether oxygens (including phenoxy) is 2. The largest absolute Gasteiger partial charge is 0.496 e. The number of rotatable bonds is 6. The van der Waals surface area contributed by atoms with Crippen molar-refractivity contribution in [2.24, 2.45) is 0 Å². The lowest BCUT2D eigenvalue weighted by molar-refractivity contribution is -0.129. The van der Waals surface area contributed by atoms with Gasteiger partial charge in [0.1, 0.15) is 11.5 Å². The molecule has 0 saturated heterocycles. The summed E-state index contributed by atoms with van der Waals surface area (Å²) in [6.07, 6.45) is 0.0995. The van der Waals surface area contributed by atoms with Gasteiger partial charge >= 0.3 is 0 Å². The smallest absolute Gasteiger partial charge is 0.276 e. The third-order valence-corrected chi connectivity index (χ3v) is 3.73. The van der Waals surface area contributed by atoms with Gasteiger partial charge < -0.3 is 9.47 Å². The number of para-hydroxylation sites is 1. The van der Waals surface area contributed by atoms with E-state index in [2.05, 4.69) is 10.9 Å². The van der Waals surface area contributed by atoms with Crippen molar-refractivity contribution in [3.8, 4) is 11.5 Å². The van der Waals surface area contributed by atoms with Gasteiger partial charge in [-0.1, -0.05) is 24.3 Å². The molecule has 2 amide bonds. The summed E-state index contributed by atoms with van der Waals surface area (Å²) in [6.45, 7) is 3.79. The standard InChI is InChI=1S/C19H22N2O4/c1-13-8-9-16(10-14(13)2)25-12-19(23)21-20-18(22)11-15-6-4-5-7-17(15)24-3/h4-10H,11-12H2,1-3H3,(H,20,22)(H,21,23). The number of benzene rings is 2. The van der Waals surface area contributed by atoms with Crippen molar-refractivity contribution in [1.82, 2.24) is 10.9 Å². The molecule has 0 atom stereocenters. The highest BCUT2D eigenvalue weighted by Gasteiger charge is 2.10. The highest BCUT2D eigenvalue weighted by molar-refractivity contribution is 5.84. The van der Waals surface area contributed by atoms with Crippen molar-refractivity contribution in [3.63, 3.8) is 0 Å². The van der Waals surface area contributed by atoms with Crippen LogP contribution in [-0.4, -0.2) is 25.5 Å². The molecule has 2 N–H and O–H groups in total. The Labute approximate surface area is 147 Å². The number of methoxy groups -OCH3 is 1. The highest BCUT2D eigenvalue weighted by Crippen LogP contribution is 2.17. The zero-order valence-electron chi connectivity index (χ0n) is 14.6. The zero-order chi connectivity index (χ0) is 18.2. The van der Waals surface area contributed by atoms with E-state index in [0.29, 0.717) is 11.5 Å². The van der Waals surface area contributed by atoms with Crippen LogP contribution in [0.4, 0.5) is 0 Å². The van der Waals surface area contributed by atoms with Crippen LogP contribution in [0.5, 0.6) is 11.5 Å². The lowest BCUT2D eigenvalue weighted by Gasteiger charge is -2.11. The van der Waals surface area contributed by atoms with Crippen molar-refractivity contribution < 1.29 is 19.1 Å².